The Morgan fingerprint density at radius 1 is 1.00 bits per heavy atom. The van der Waals surface area contributed by atoms with Gasteiger partial charge in [-0.25, -0.2) is 0 Å². The first-order chi connectivity index (χ1) is 18.1. The molecule has 1 aliphatic heterocycles. The summed E-state index contributed by atoms with van der Waals surface area (Å²) in [5, 5.41) is 3.26. The molecule has 10 heteroatoms. The predicted octanol–water partition coefficient (Wildman–Crippen LogP) is 6.87. The summed E-state index contributed by atoms with van der Waals surface area (Å²) >= 11 is 13.0. The lowest BCUT2D eigenvalue weighted by Gasteiger charge is -2.14. The molecule has 1 N–H and O–H groups in total. The summed E-state index contributed by atoms with van der Waals surface area (Å²) in [7, 11) is 1.48. The number of methoxy groups -OCH3 is 1. The molecule has 38 heavy (non-hydrogen) atoms. The summed E-state index contributed by atoms with van der Waals surface area (Å²) < 4.78 is 11.1. The number of ether oxygens (including phenoxy) is 2. The molecular formula is C28H24Cl2N2O5S. The topological polar surface area (TPSA) is 84.9 Å². The summed E-state index contributed by atoms with van der Waals surface area (Å²) in [4.78, 5) is 39.2. The lowest BCUT2D eigenvalue weighted by atomic mass is 10.1. The fourth-order valence-electron chi connectivity index (χ4n) is 3.66. The summed E-state index contributed by atoms with van der Waals surface area (Å²) in [5.41, 5.74) is 4.15. The smallest absolute Gasteiger partial charge is 0.293 e. The minimum Gasteiger partial charge on any atom is -0.493 e. The third kappa shape index (κ3) is 6.51. The van der Waals surface area contributed by atoms with Crippen molar-refractivity contribution in [2.75, 3.05) is 19.0 Å². The first-order valence-electron chi connectivity index (χ1n) is 11.5. The second kappa shape index (κ2) is 11.9. The molecule has 1 heterocycles. The number of imide groups is 1. The number of nitrogens with one attached hydrogen (secondary N) is 1. The van der Waals surface area contributed by atoms with E-state index in [-0.39, 0.29) is 24.0 Å². The molecule has 0 bridgehead atoms. The molecule has 0 spiro atoms. The highest BCUT2D eigenvalue weighted by Gasteiger charge is 2.35. The first kappa shape index (κ1) is 27.6. The van der Waals surface area contributed by atoms with Gasteiger partial charge in [-0.05, 0) is 90.3 Å². The third-order valence-electron chi connectivity index (χ3n) is 5.85. The largest absolute Gasteiger partial charge is 0.493 e. The number of carbonyl (C=O) groups is 3. The SMILES string of the molecule is COc1cc(/C=C2\SC(=O)N(Cc3ccc(Cl)cc3Cl)C2=O)ccc1OCC(=O)Nc1ccc(C)c(C)c1. The van der Waals surface area contributed by atoms with Crippen LogP contribution in [-0.4, -0.2) is 35.7 Å². The molecule has 0 radical (unpaired) electrons. The lowest BCUT2D eigenvalue weighted by molar-refractivity contribution is -0.123. The second-order valence-corrected chi connectivity index (χ2v) is 10.4. The number of halogens is 2. The van der Waals surface area contributed by atoms with Crippen LogP contribution < -0.4 is 14.8 Å². The number of carbonyl (C=O) groups excluding carboxylic acids is 3. The molecule has 1 saturated heterocycles. The normalized spacial score (nSPS) is 14.2. The van der Waals surface area contributed by atoms with E-state index in [1.54, 1.807) is 42.5 Å². The second-order valence-electron chi connectivity index (χ2n) is 8.55. The summed E-state index contributed by atoms with van der Waals surface area (Å²) in [6.07, 6.45) is 1.60. The number of hydrogen-bond acceptors (Lipinski definition) is 6. The Morgan fingerprint density at radius 3 is 2.50 bits per heavy atom. The maximum Gasteiger partial charge on any atom is 0.293 e. The molecule has 0 saturated carbocycles. The van der Waals surface area contributed by atoms with E-state index >= 15 is 0 Å². The average Bonchev–Trinajstić information content (AvgIpc) is 3.14. The van der Waals surface area contributed by atoms with Crippen molar-refractivity contribution < 1.29 is 23.9 Å². The van der Waals surface area contributed by atoms with Crippen LogP contribution in [0.15, 0.2) is 59.5 Å². The molecule has 1 aliphatic rings. The van der Waals surface area contributed by atoms with Crippen molar-refractivity contribution in [3.05, 3.63) is 91.8 Å². The Bertz CT molecular complexity index is 1460. The highest BCUT2D eigenvalue weighted by Crippen LogP contribution is 2.36. The number of benzene rings is 3. The van der Waals surface area contributed by atoms with Crippen LogP contribution >= 0.6 is 35.0 Å². The molecule has 196 valence electrons. The van der Waals surface area contributed by atoms with Crippen molar-refractivity contribution in [1.29, 1.82) is 0 Å². The van der Waals surface area contributed by atoms with Crippen LogP contribution in [0, 0.1) is 13.8 Å². The Morgan fingerprint density at radius 2 is 1.79 bits per heavy atom. The van der Waals surface area contributed by atoms with Gasteiger partial charge in [0.25, 0.3) is 17.1 Å². The number of amides is 3. The third-order valence-corrected chi connectivity index (χ3v) is 7.35. The van der Waals surface area contributed by atoms with Crippen LogP contribution in [0.5, 0.6) is 11.5 Å². The van der Waals surface area contributed by atoms with Crippen molar-refractivity contribution in [3.63, 3.8) is 0 Å². The highest BCUT2D eigenvalue weighted by molar-refractivity contribution is 8.18. The lowest BCUT2D eigenvalue weighted by Crippen LogP contribution is -2.27. The van der Waals surface area contributed by atoms with Gasteiger partial charge in [-0.2, -0.15) is 0 Å². The fourth-order valence-corrected chi connectivity index (χ4v) is 4.97. The molecule has 0 aromatic heterocycles. The molecule has 0 unspecified atom stereocenters. The molecule has 3 aromatic rings. The number of aryl methyl sites for hydroxylation is 2. The van der Waals surface area contributed by atoms with Crippen LogP contribution in [0.25, 0.3) is 6.08 Å². The van der Waals surface area contributed by atoms with Crippen LogP contribution in [0.4, 0.5) is 10.5 Å². The van der Waals surface area contributed by atoms with Gasteiger partial charge in [0, 0.05) is 15.7 Å². The summed E-state index contributed by atoms with van der Waals surface area (Å²) in [5.74, 6) is 0.0115. The Balaban J connectivity index is 1.42. The number of hydrogen-bond donors (Lipinski definition) is 1. The van der Waals surface area contributed by atoms with E-state index in [0.717, 1.165) is 27.8 Å². The van der Waals surface area contributed by atoms with Crippen molar-refractivity contribution >= 4 is 63.8 Å². The molecular weight excluding hydrogens is 547 g/mol. The minimum absolute atomic E-state index is 0.0400. The van der Waals surface area contributed by atoms with Crippen LogP contribution in [-0.2, 0) is 16.1 Å². The highest BCUT2D eigenvalue weighted by atomic mass is 35.5. The first-order valence-corrected chi connectivity index (χ1v) is 13.1. The summed E-state index contributed by atoms with van der Waals surface area (Å²) in [6, 6.07) is 15.6. The summed E-state index contributed by atoms with van der Waals surface area (Å²) in [6.45, 7) is 3.80. The van der Waals surface area contributed by atoms with Crippen LogP contribution in [0.1, 0.15) is 22.3 Å². The van der Waals surface area contributed by atoms with Gasteiger partial charge in [0.15, 0.2) is 18.1 Å². The van der Waals surface area contributed by atoms with Gasteiger partial charge in [-0.1, -0.05) is 41.4 Å². The number of anilines is 1. The quantitative estimate of drug-likeness (QED) is 0.297. The van der Waals surface area contributed by atoms with Crippen LogP contribution in [0.2, 0.25) is 10.0 Å². The maximum absolute atomic E-state index is 12.9. The van der Waals surface area contributed by atoms with E-state index in [4.69, 9.17) is 32.7 Å². The molecule has 3 amide bonds. The molecule has 0 atom stereocenters. The van der Waals surface area contributed by atoms with Gasteiger partial charge < -0.3 is 14.8 Å². The standard InChI is InChI=1S/C28H24Cl2N2O5S/c1-16-4-8-21(10-17(16)2)31-26(33)15-37-23-9-5-18(11-24(23)36-3)12-25-27(34)32(28(35)38-25)14-19-6-7-20(29)13-22(19)30/h4-13H,14-15H2,1-3H3,(H,31,33)/b25-12-. The number of rotatable bonds is 8. The van der Waals surface area contributed by atoms with Gasteiger partial charge in [0.1, 0.15) is 0 Å². The van der Waals surface area contributed by atoms with E-state index in [1.807, 2.05) is 32.0 Å². The molecule has 7 nitrogen and oxygen atoms in total. The number of nitrogens with zero attached hydrogens (tertiary/aromatic N) is 1. The van der Waals surface area contributed by atoms with Crippen molar-refractivity contribution in [1.82, 2.24) is 4.90 Å². The van der Waals surface area contributed by atoms with E-state index in [2.05, 4.69) is 5.32 Å². The monoisotopic (exact) mass is 570 g/mol. The average molecular weight is 571 g/mol. The maximum atomic E-state index is 12.9. The minimum atomic E-state index is -0.423. The Labute approximate surface area is 234 Å². The fraction of sp³-hybridized carbons (Fsp3) is 0.179. The molecule has 4 rings (SSSR count). The van der Waals surface area contributed by atoms with Crippen molar-refractivity contribution in [3.8, 4) is 11.5 Å². The van der Waals surface area contributed by atoms with Gasteiger partial charge >= 0.3 is 0 Å². The molecule has 3 aromatic carbocycles. The van der Waals surface area contributed by atoms with E-state index in [9.17, 15) is 14.4 Å². The van der Waals surface area contributed by atoms with E-state index < -0.39 is 11.1 Å². The van der Waals surface area contributed by atoms with Crippen LogP contribution in [0.3, 0.4) is 0 Å². The van der Waals surface area contributed by atoms with E-state index in [0.29, 0.717) is 38.4 Å². The van der Waals surface area contributed by atoms with E-state index in [1.165, 1.54) is 7.11 Å². The van der Waals surface area contributed by atoms with Gasteiger partial charge in [-0.3, -0.25) is 19.3 Å². The van der Waals surface area contributed by atoms with Gasteiger partial charge in [0.2, 0.25) is 0 Å². The zero-order valence-electron chi connectivity index (χ0n) is 20.8. The Kier molecular flexibility index (Phi) is 8.66. The Hall–Kier alpha value is -3.46. The predicted molar refractivity (Wildman–Crippen MR) is 151 cm³/mol. The molecule has 1 fully saturated rings. The van der Waals surface area contributed by atoms with Crippen molar-refractivity contribution in [2.24, 2.45) is 0 Å². The molecule has 0 aliphatic carbocycles. The van der Waals surface area contributed by atoms with Gasteiger partial charge in [0.05, 0.1) is 18.6 Å². The zero-order valence-corrected chi connectivity index (χ0v) is 23.2. The number of thioether (sulfide) groups is 1. The van der Waals surface area contributed by atoms with Gasteiger partial charge in [-0.15, -0.1) is 0 Å². The zero-order chi connectivity index (χ0) is 27.4. The van der Waals surface area contributed by atoms with Crippen molar-refractivity contribution in [2.45, 2.75) is 20.4 Å².